The van der Waals surface area contributed by atoms with Gasteiger partial charge in [0, 0.05) is 21.3 Å². The van der Waals surface area contributed by atoms with Crippen molar-refractivity contribution in [3.63, 3.8) is 0 Å². The Labute approximate surface area is 130 Å². The van der Waals surface area contributed by atoms with Gasteiger partial charge in [-0.25, -0.2) is 0 Å². The van der Waals surface area contributed by atoms with Crippen LogP contribution >= 0.6 is 10.4 Å². The largest absolute Gasteiger partial charge is 0.255 e. The summed E-state index contributed by atoms with van der Waals surface area (Å²) in [6, 6.07) is 3.74. The van der Waals surface area contributed by atoms with E-state index in [2.05, 4.69) is 22.7 Å². The molecule has 0 bridgehead atoms. The first kappa shape index (κ1) is 17.8. The van der Waals surface area contributed by atoms with Crippen LogP contribution in [0, 0.1) is 11.2 Å². The van der Waals surface area contributed by atoms with Crippen LogP contribution in [0.5, 0.6) is 0 Å². The van der Waals surface area contributed by atoms with Crippen LogP contribution in [-0.2, 0) is 0 Å². The number of aromatic nitrogens is 1. The predicted octanol–water partition coefficient (Wildman–Crippen LogP) is 5.71. The summed E-state index contributed by atoms with van der Waals surface area (Å²) >= 11 is 0. The highest BCUT2D eigenvalue weighted by Gasteiger charge is 2.45. The molecule has 0 amide bonds. The average Bonchev–Trinajstić information content (AvgIpc) is 2.33. The molecule has 0 unspecified atom stereocenters. The molecule has 1 aromatic heterocycles. The number of pyridine rings is 1. The average molecular weight is 307 g/mol. The minimum absolute atomic E-state index is 0.483. The molecule has 0 saturated carbocycles. The van der Waals surface area contributed by atoms with Gasteiger partial charge in [0.25, 0.3) is 0 Å². The molecule has 0 saturated heterocycles. The fourth-order valence-electron chi connectivity index (χ4n) is 2.07. The minimum Gasteiger partial charge on any atom is -0.255 e. The zero-order valence-corrected chi connectivity index (χ0v) is 15.0. The molecule has 21 heavy (non-hydrogen) atoms. The Hall–Kier alpha value is -1.27. The van der Waals surface area contributed by atoms with Gasteiger partial charge in [0.15, 0.2) is 0 Å². The van der Waals surface area contributed by atoms with E-state index in [1.165, 1.54) is 0 Å². The van der Waals surface area contributed by atoms with Crippen LogP contribution in [0.15, 0.2) is 24.9 Å². The first-order chi connectivity index (χ1) is 9.38. The molecular weight excluding hydrogens is 281 g/mol. The fraction of sp³-hybridized carbons (Fsp3) is 0.500. The van der Waals surface area contributed by atoms with Crippen LogP contribution in [-0.4, -0.2) is 14.5 Å². The molecule has 0 N–H and O–H groups in total. The highest BCUT2D eigenvalue weighted by atomic mass is 32.3. The van der Waals surface area contributed by atoms with Gasteiger partial charge >= 0.3 is 0 Å². The van der Waals surface area contributed by atoms with Crippen molar-refractivity contribution in [1.82, 2.24) is 4.98 Å². The maximum atomic E-state index is 15.6. The molecule has 1 heterocycles. The van der Waals surface area contributed by atoms with E-state index < -0.39 is 19.9 Å². The van der Waals surface area contributed by atoms with Crippen molar-refractivity contribution < 1.29 is 3.89 Å². The zero-order valence-electron chi connectivity index (χ0n) is 14.2. The molecule has 0 aliphatic carbocycles. The van der Waals surface area contributed by atoms with Gasteiger partial charge in [-0.15, -0.1) is 0 Å². The van der Waals surface area contributed by atoms with Gasteiger partial charge in [0.2, 0.25) is 0 Å². The third-order valence-corrected chi connectivity index (χ3v) is 6.98. The molecule has 3 heteroatoms. The summed E-state index contributed by atoms with van der Waals surface area (Å²) in [6.07, 6.45) is 1.68. The third kappa shape index (κ3) is 3.89. The first-order valence-corrected chi connectivity index (χ1v) is 8.58. The van der Waals surface area contributed by atoms with E-state index in [0.29, 0.717) is 0 Å². The quantitative estimate of drug-likeness (QED) is 0.606. The van der Waals surface area contributed by atoms with Gasteiger partial charge in [-0.2, -0.15) is 3.89 Å². The van der Waals surface area contributed by atoms with E-state index in [0.717, 1.165) is 16.8 Å². The van der Waals surface area contributed by atoms with Crippen molar-refractivity contribution in [3.8, 4) is 11.2 Å². The van der Waals surface area contributed by atoms with Crippen LogP contribution in [0.3, 0.4) is 0 Å². The van der Waals surface area contributed by atoms with Crippen molar-refractivity contribution in [1.29, 1.82) is 0 Å². The maximum Gasteiger partial charge on any atom is 0.0653 e. The molecule has 0 aromatic carbocycles. The lowest BCUT2D eigenvalue weighted by molar-refractivity contribution is 0.655. The number of nitrogens with zero attached hydrogens (tertiary/aromatic N) is 1. The van der Waals surface area contributed by atoms with E-state index in [1.54, 1.807) is 6.20 Å². The monoisotopic (exact) mass is 307 g/mol. The molecular formula is C18H26FNS. The van der Waals surface area contributed by atoms with Crippen LogP contribution in [0.2, 0.25) is 0 Å². The lowest BCUT2D eigenvalue weighted by Crippen LogP contribution is -2.34. The lowest BCUT2D eigenvalue weighted by atomic mass is 10.2. The lowest BCUT2D eigenvalue weighted by Gasteiger charge is -2.47. The van der Waals surface area contributed by atoms with Gasteiger partial charge in [0.1, 0.15) is 0 Å². The molecule has 1 rings (SSSR count). The van der Waals surface area contributed by atoms with Crippen molar-refractivity contribution in [2.45, 2.75) is 58.0 Å². The van der Waals surface area contributed by atoms with Gasteiger partial charge in [0.05, 0.1) is 5.69 Å². The van der Waals surface area contributed by atoms with Crippen LogP contribution in [0.25, 0.3) is 5.57 Å². The van der Waals surface area contributed by atoms with Gasteiger partial charge < -0.3 is 0 Å². The predicted molar refractivity (Wildman–Crippen MR) is 94.0 cm³/mol. The second-order valence-corrected chi connectivity index (χ2v) is 10.9. The summed E-state index contributed by atoms with van der Waals surface area (Å²) in [6.45, 7) is 17.3. The Morgan fingerprint density at radius 1 is 1.14 bits per heavy atom. The Bertz CT molecular complexity index is 563. The Balaban J connectivity index is 3.21. The molecule has 0 radical (unpaired) electrons. The Morgan fingerprint density at radius 3 is 2.00 bits per heavy atom. The highest BCUT2D eigenvalue weighted by molar-refractivity contribution is 8.35. The summed E-state index contributed by atoms with van der Waals surface area (Å²) in [4.78, 5) is 4.29. The summed E-state index contributed by atoms with van der Waals surface area (Å²) < 4.78 is 14.6. The molecule has 0 spiro atoms. The molecule has 0 aliphatic rings. The SMILES string of the molecule is C=C(C)c1ccc(C#CS(F)(C(C)(C)C)C(C)(C)C)cn1. The van der Waals surface area contributed by atoms with E-state index in [-0.39, 0.29) is 0 Å². The minimum atomic E-state index is -2.60. The molecule has 1 nitrogen and oxygen atoms in total. The first-order valence-electron chi connectivity index (χ1n) is 7.05. The van der Waals surface area contributed by atoms with Crippen molar-refractivity contribution in [3.05, 3.63) is 36.2 Å². The second kappa shape index (κ2) is 5.85. The van der Waals surface area contributed by atoms with E-state index >= 15 is 3.89 Å². The van der Waals surface area contributed by atoms with Crippen LogP contribution in [0.4, 0.5) is 3.89 Å². The molecule has 0 atom stereocenters. The van der Waals surface area contributed by atoms with Gasteiger partial charge in [-0.3, -0.25) is 4.98 Å². The smallest absolute Gasteiger partial charge is 0.0653 e. The van der Waals surface area contributed by atoms with E-state index in [1.807, 2.05) is 60.6 Å². The Kier molecular flexibility index (Phi) is 4.95. The van der Waals surface area contributed by atoms with Crippen molar-refractivity contribution >= 4 is 16.0 Å². The molecule has 1 aromatic rings. The molecule has 116 valence electrons. The highest BCUT2D eigenvalue weighted by Crippen LogP contribution is 2.68. The van der Waals surface area contributed by atoms with Gasteiger partial charge in [-0.05, 0) is 81.8 Å². The molecule has 0 fully saturated rings. The van der Waals surface area contributed by atoms with Crippen molar-refractivity contribution in [2.75, 3.05) is 0 Å². The maximum absolute atomic E-state index is 15.6. The van der Waals surface area contributed by atoms with E-state index in [9.17, 15) is 0 Å². The summed E-state index contributed by atoms with van der Waals surface area (Å²) in [5, 5.41) is 2.95. The van der Waals surface area contributed by atoms with E-state index in [4.69, 9.17) is 0 Å². The van der Waals surface area contributed by atoms with Crippen LogP contribution in [0.1, 0.15) is 59.7 Å². The van der Waals surface area contributed by atoms with Gasteiger partial charge in [-0.1, -0.05) is 12.5 Å². The zero-order chi connectivity index (χ0) is 16.5. The standard InChI is InChI=1S/C18H26FNS/c1-14(2)16-10-9-15(13-20-16)11-12-21(19,17(3,4)5)18(6,7)8/h9-10,13H,1H2,2-8H3. The normalized spacial score (nSPS) is 13.3. The summed E-state index contributed by atoms with van der Waals surface area (Å²) in [5.41, 5.74) is 2.48. The van der Waals surface area contributed by atoms with Crippen molar-refractivity contribution in [2.24, 2.45) is 0 Å². The number of rotatable bonds is 1. The number of hydrogen-bond donors (Lipinski definition) is 0. The number of hydrogen-bond acceptors (Lipinski definition) is 1. The summed E-state index contributed by atoms with van der Waals surface area (Å²) in [5.74, 6) is 2.98. The van der Waals surface area contributed by atoms with Crippen LogP contribution < -0.4 is 0 Å². The third-order valence-electron chi connectivity index (χ3n) is 3.22. The topological polar surface area (TPSA) is 12.9 Å². The number of allylic oxidation sites excluding steroid dienone is 1. The number of halogens is 1. The fourth-order valence-corrected chi connectivity index (χ4v) is 4.78. The summed E-state index contributed by atoms with van der Waals surface area (Å²) in [7, 11) is -2.60. The molecule has 0 aliphatic heterocycles. The Morgan fingerprint density at radius 2 is 1.67 bits per heavy atom. The second-order valence-electron chi connectivity index (χ2n) is 7.20.